The molecule has 2 atom stereocenters. The second-order valence-corrected chi connectivity index (χ2v) is 6.69. The Balaban J connectivity index is 1.84. The van der Waals surface area contributed by atoms with Crippen LogP contribution in [-0.2, 0) is 4.74 Å². The summed E-state index contributed by atoms with van der Waals surface area (Å²) in [5.74, 6) is 0.982. The molecule has 0 spiro atoms. The lowest BCUT2D eigenvalue weighted by molar-refractivity contribution is 0.110. The number of ether oxygens (including phenoxy) is 1. The second kappa shape index (κ2) is 7.61. The second-order valence-electron chi connectivity index (χ2n) is 6.69. The van der Waals surface area contributed by atoms with Crippen molar-refractivity contribution < 1.29 is 4.74 Å². The van der Waals surface area contributed by atoms with Gasteiger partial charge in [-0.15, -0.1) is 0 Å². The molecule has 19 heavy (non-hydrogen) atoms. The molecule has 2 saturated heterocycles. The van der Waals surface area contributed by atoms with Gasteiger partial charge >= 0.3 is 0 Å². The number of rotatable bonds is 6. The van der Waals surface area contributed by atoms with E-state index in [4.69, 9.17) is 4.74 Å². The molecule has 0 bridgehead atoms. The number of hydrogen-bond acceptors (Lipinski definition) is 3. The van der Waals surface area contributed by atoms with Crippen LogP contribution in [0.2, 0.25) is 0 Å². The number of nitrogens with one attached hydrogen (secondary N) is 1. The molecule has 2 fully saturated rings. The smallest absolute Gasteiger partial charge is 0.0547 e. The molecule has 2 rings (SSSR count). The third-order valence-corrected chi connectivity index (χ3v) is 4.93. The van der Waals surface area contributed by atoms with E-state index in [0.29, 0.717) is 5.41 Å². The number of likely N-dealkylation sites (tertiary alicyclic amines) is 1. The number of nitrogens with zero attached hydrogens (tertiary/aromatic N) is 1. The van der Waals surface area contributed by atoms with Gasteiger partial charge in [0, 0.05) is 25.1 Å². The van der Waals surface area contributed by atoms with Crippen molar-refractivity contribution in [3.05, 3.63) is 0 Å². The minimum absolute atomic E-state index is 0.374. The summed E-state index contributed by atoms with van der Waals surface area (Å²) in [6, 6.07) is 0. The molecule has 0 aromatic rings. The Bertz CT molecular complexity index is 251. The van der Waals surface area contributed by atoms with Gasteiger partial charge in [-0.3, -0.25) is 0 Å². The normalized spacial score (nSPS) is 33.5. The molecule has 0 aliphatic carbocycles. The van der Waals surface area contributed by atoms with Gasteiger partial charge in [0.05, 0.1) is 6.61 Å². The highest BCUT2D eigenvalue weighted by Gasteiger charge is 2.36. The monoisotopic (exact) mass is 268 g/mol. The van der Waals surface area contributed by atoms with Crippen LogP contribution < -0.4 is 5.32 Å². The maximum absolute atomic E-state index is 5.68. The summed E-state index contributed by atoms with van der Waals surface area (Å²) >= 11 is 0. The standard InChI is InChI=1S/C16H32N2O/c1-3-5-15-6-4-9-18(10-7-15)13-16(12-17-2)8-11-19-14-16/h15,17H,3-14H2,1-2H3. The average molecular weight is 268 g/mol. The first-order chi connectivity index (χ1) is 9.28. The molecular formula is C16H32N2O. The van der Waals surface area contributed by atoms with E-state index in [1.165, 1.54) is 58.2 Å². The maximum Gasteiger partial charge on any atom is 0.0547 e. The Morgan fingerprint density at radius 3 is 2.89 bits per heavy atom. The van der Waals surface area contributed by atoms with E-state index in [1.54, 1.807) is 0 Å². The van der Waals surface area contributed by atoms with E-state index in [9.17, 15) is 0 Å². The van der Waals surface area contributed by atoms with Crippen LogP contribution in [0.1, 0.15) is 45.4 Å². The van der Waals surface area contributed by atoms with Gasteiger partial charge in [-0.05, 0) is 51.7 Å². The Hall–Kier alpha value is -0.120. The minimum Gasteiger partial charge on any atom is -0.381 e. The fourth-order valence-electron chi connectivity index (χ4n) is 3.90. The predicted octanol–water partition coefficient (Wildman–Crippen LogP) is 2.51. The molecule has 2 unspecified atom stereocenters. The molecule has 2 heterocycles. The van der Waals surface area contributed by atoms with E-state index in [0.717, 1.165) is 25.7 Å². The molecule has 0 saturated carbocycles. The molecule has 2 aliphatic heterocycles. The lowest BCUT2D eigenvalue weighted by Crippen LogP contribution is -2.44. The average Bonchev–Trinajstić information content (AvgIpc) is 2.73. The van der Waals surface area contributed by atoms with Crippen LogP contribution >= 0.6 is 0 Å². The van der Waals surface area contributed by atoms with Crippen LogP contribution in [0.3, 0.4) is 0 Å². The molecule has 0 amide bonds. The van der Waals surface area contributed by atoms with E-state index in [-0.39, 0.29) is 0 Å². The van der Waals surface area contributed by atoms with Gasteiger partial charge < -0.3 is 15.0 Å². The van der Waals surface area contributed by atoms with Crippen LogP contribution in [0.15, 0.2) is 0 Å². The van der Waals surface area contributed by atoms with Crippen molar-refractivity contribution in [2.45, 2.75) is 45.4 Å². The third kappa shape index (κ3) is 4.44. The summed E-state index contributed by atoms with van der Waals surface area (Å²) in [5, 5.41) is 3.38. The van der Waals surface area contributed by atoms with Gasteiger partial charge in [0.25, 0.3) is 0 Å². The van der Waals surface area contributed by atoms with Gasteiger partial charge in [0.1, 0.15) is 0 Å². The van der Waals surface area contributed by atoms with E-state index in [1.807, 2.05) is 0 Å². The maximum atomic E-state index is 5.68. The van der Waals surface area contributed by atoms with Gasteiger partial charge in [-0.1, -0.05) is 19.8 Å². The predicted molar refractivity (Wildman–Crippen MR) is 80.5 cm³/mol. The van der Waals surface area contributed by atoms with E-state index >= 15 is 0 Å². The summed E-state index contributed by atoms with van der Waals surface area (Å²) in [5.41, 5.74) is 0.374. The largest absolute Gasteiger partial charge is 0.381 e. The Labute approximate surface area is 119 Å². The zero-order valence-corrected chi connectivity index (χ0v) is 12.9. The molecule has 3 heteroatoms. The first-order valence-corrected chi connectivity index (χ1v) is 8.23. The zero-order valence-electron chi connectivity index (χ0n) is 12.9. The van der Waals surface area contributed by atoms with Gasteiger partial charge in [0.15, 0.2) is 0 Å². The van der Waals surface area contributed by atoms with Crippen molar-refractivity contribution in [1.82, 2.24) is 10.2 Å². The minimum atomic E-state index is 0.374. The quantitative estimate of drug-likeness (QED) is 0.801. The van der Waals surface area contributed by atoms with Gasteiger partial charge in [0.2, 0.25) is 0 Å². The topological polar surface area (TPSA) is 24.5 Å². The van der Waals surface area contributed by atoms with Crippen molar-refractivity contribution in [1.29, 1.82) is 0 Å². The highest BCUT2D eigenvalue weighted by molar-refractivity contribution is 4.88. The van der Waals surface area contributed by atoms with E-state index < -0.39 is 0 Å². The first kappa shape index (κ1) is 15.3. The summed E-state index contributed by atoms with van der Waals surface area (Å²) < 4.78 is 5.68. The van der Waals surface area contributed by atoms with Crippen molar-refractivity contribution >= 4 is 0 Å². The van der Waals surface area contributed by atoms with Crippen molar-refractivity contribution in [3.63, 3.8) is 0 Å². The Kier molecular flexibility index (Phi) is 6.11. The van der Waals surface area contributed by atoms with Crippen molar-refractivity contribution in [2.24, 2.45) is 11.3 Å². The fraction of sp³-hybridized carbons (Fsp3) is 1.00. The van der Waals surface area contributed by atoms with Crippen molar-refractivity contribution in [3.8, 4) is 0 Å². The van der Waals surface area contributed by atoms with Crippen LogP contribution in [0.4, 0.5) is 0 Å². The van der Waals surface area contributed by atoms with Crippen LogP contribution in [0, 0.1) is 11.3 Å². The summed E-state index contributed by atoms with van der Waals surface area (Å²) in [4.78, 5) is 2.71. The summed E-state index contributed by atoms with van der Waals surface area (Å²) in [6.45, 7) is 9.15. The molecule has 2 aliphatic rings. The van der Waals surface area contributed by atoms with Crippen molar-refractivity contribution in [2.75, 3.05) is 46.4 Å². The lowest BCUT2D eigenvalue weighted by atomic mass is 9.86. The third-order valence-electron chi connectivity index (χ3n) is 4.93. The molecular weight excluding hydrogens is 236 g/mol. The Morgan fingerprint density at radius 2 is 2.21 bits per heavy atom. The summed E-state index contributed by atoms with van der Waals surface area (Å²) in [6.07, 6.45) is 8.24. The molecule has 0 aromatic carbocycles. The van der Waals surface area contributed by atoms with Crippen LogP contribution in [0.5, 0.6) is 0 Å². The molecule has 1 N–H and O–H groups in total. The molecule has 3 nitrogen and oxygen atoms in total. The Morgan fingerprint density at radius 1 is 1.32 bits per heavy atom. The van der Waals surface area contributed by atoms with Gasteiger partial charge in [-0.2, -0.15) is 0 Å². The van der Waals surface area contributed by atoms with Crippen LogP contribution in [-0.4, -0.2) is 51.3 Å². The highest BCUT2D eigenvalue weighted by atomic mass is 16.5. The first-order valence-electron chi connectivity index (χ1n) is 8.23. The SMILES string of the molecule is CCCC1CCCN(CC2(CNC)CCOC2)CC1. The zero-order chi connectivity index (χ0) is 13.6. The number of hydrogen-bond donors (Lipinski definition) is 1. The fourth-order valence-corrected chi connectivity index (χ4v) is 3.90. The highest BCUT2D eigenvalue weighted by Crippen LogP contribution is 2.31. The van der Waals surface area contributed by atoms with Crippen LogP contribution in [0.25, 0.3) is 0 Å². The van der Waals surface area contributed by atoms with Gasteiger partial charge in [-0.25, -0.2) is 0 Å². The molecule has 0 radical (unpaired) electrons. The van der Waals surface area contributed by atoms with E-state index in [2.05, 4.69) is 24.2 Å². The molecule has 0 aromatic heterocycles. The summed E-state index contributed by atoms with van der Waals surface area (Å²) in [7, 11) is 2.07. The lowest BCUT2D eigenvalue weighted by Gasteiger charge is -2.33. The molecule has 112 valence electrons.